The summed E-state index contributed by atoms with van der Waals surface area (Å²) in [6.07, 6.45) is 1.88. The Morgan fingerprint density at radius 2 is 2.06 bits per heavy atom. The molecule has 1 heterocycles. The predicted molar refractivity (Wildman–Crippen MR) is 62.7 cm³/mol. The van der Waals surface area contributed by atoms with E-state index < -0.39 is 26.5 Å². The predicted octanol–water partition coefficient (Wildman–Crippen LogP) is -0.193. The molecule has 0 aliphatic carbocycles. The average Bonchev–Trinajstić information content (AvgIpc) is 2.16. The number of amides is 1. The molecule has 3 N–H and O–H groups in total. The second-order valence-electron chi connectivity index (χ2n) is 4.93. The Morgan fingerprint density at radius 3 is 2.56 bits per heavy atom. The van der Waals surface area contributed by atoms with Crippen molar-refractivity contribution >= 4 is 15.7 Å². The van der Waals surface area contributed by atoms with E-state index in [1.54, 1.807) is 13.8 Å². The van der Waals surface area contributed by atoms with Crippen LogP contribution in [-0.4, -0.2) is 37.4 Å². The van der Waals surface area contributed by atoms with Gasteiger partial charge in [0.2, 0.25) is 5.91 Å². The lowest BCUT2D eigenvalue weighted by Gasteiger charge is -2.28. The van der Waals surface area contributed by atoms with Crippen molar-refractivity contribution in [3.05, 3.63) is 0 Å². The highest BCUT2D eigenvalue weighted by Crippen LogP contribution is 2.20. The lowest BCUT2D eigenvalue weighted by molar-refractivity contribution is -0.122. The van der Waals surface area contributed by atoms with Crippen LogP contribution in [0, 0.1) is 0 Å². The molecule has 0 spiro atoms. The van der Waals surface area contributed by atoms with Crippen molar-refractivity contribution in [1.29, 1.82) is 0 Å². The molecule has 1 fully saturated rings. The van der Waals surface area contributed by atoms with Crippen LogP contribution in [0.2, 0.25) is 0 Å². The Bertz CT molecular complexity index is 362. The van der Waals surface area contributed by atoms with Gasteiger partial charge in [-0.2, -0.15) is 0 Å². The minimum atomic E-state index is -3.26. The molecule has 0 aromatic carbocycles. The van der Waals surface area contributed by atoms with Crippen LogP contribution in [0.15, 0.2) is 0 Å². The quantitative estimate of drug-likeness (QED) is 0.724. The SMILES string of the molecule is CC(C)(CN)NC(=O)C1CCCCS1(=O)=O. The summed E-state index contributed by atoms with van der Waals surface area (Å²) in [4.78, 5) is 11.8. The zero-order valence-electron chi connectivity index (χ0n) is 9.82. The summed E-state index contributed by atoms with van der Waals surface area (Å²) in [5.41, 5.74) is 4.94. The number of hydrogen-bond acceptors (Lipinski definition) is 4. The molecule has 1 aliphatic heterocycles. The van der Waals surface area contributed by atoms with Gasteiger partial charge in [0.1, 0.15) is 5.25 Å². The molecule has 5 nitrogen and oxygen atoms in total. The van der Waals surface area contributed by atoms with Crippen molar-refractivity contribution in [2.75, 3.05) is 12.3 Å². The maximum atomic E-state index is 11.8. The third-order valence-corrected chi connectivity index (χ3v) is 5.02. The smallest absolute Gasteiger partial charge is 0.238 e. The maximum Gasteiger partial charge on any atom is 0.238 e. The van der Waals surface area contributed by atoms with E-state index in [1.165, 1.54) is 0 Å². The Balaban J connectivity index is 2.74. The van der Waals surface area contributed by atoms with Gasteiger partial charge in [0.25, 0.3) is 0 Å². The maximum absolute atomic E-state index is 11.8. The summed E-state index contributed by atoms with van der Waals surface area (Å²) < 4.78 is 23.4. The number of carbonyl (C=O) groups is 1. The largest absolute Gasteiger partial charge is 0.349 e. The van der Waals surface area contributed by atoms with Gasteiger partial charge in [0.15, 0.2) is 9.84 Å². The summed E-state index contributed by atoms with van der Waals surface area (Å²) in [6.45, 7) is 3.84. The molecule has 0 bridgehead atoms. The summed E-state index contributed by atoms with van der Waals surface area (Å²) in [5, 5.41) is 1.81. The second kappa shape index (κ2) is 4.71. The zero-order valence-corrected chi connectivity index (χ0v) is 10.6. The highest BCUT2D eigenvalue weighted by molar-refractivity contribution is 7.92. The fourth-order valence-electron chi connectivity index (χ4n) is 1.71. The first-order valence-corrected chi connectivity index (χ1v) is 7.24. The Kier molecular flexibility index (Phi) is 3.96. The van der Waals surface area contributed by atoms with E-state index in [1.807, 2.05) is 0 Å². The Hall–Kier alpha value is -0.620. The molecule has 1 atom stereocenters. The molecule has 1 aliphatic rings. The van der Waals surface area contributed by atoms with Crippen molar-refractivity contribution in [2.24, 2.45) is 5.73 Å². The van der Waals surface area contributed by atoms with Crippen molar-refractivity contribution in [3.63, 3.8) is 0 Å². The molecular formula is C10H20N2O3S. The van der Waals surface area contributed by atoms with Crippen LogP contribution in [0.1, 0.15) is 33.1 Å². The van der Waals surface area contributed by atoms with Crippen LogP contribution in [0.3, 0.4) is 0 Å². The first kappa shape index (κ1) is 13.4. The van der Waals surface area contributed by atoms with Crippen LogP contribution in [0.25, 0.3) is 0 Å². The number of sulfone groups is 1. The lowest BCUT2D eigenvalue weighted by atomic mass is 10.1. The highest BCUT2D eigenvalue weighted by atomic mass is 32.2. The third-order valence-electron chi connectivity index (χ3n) is 2.84. The van der Waals surface area contributed by atoms with Gasteiger partial charge in [0, 0.05) is 12.1 Å². The van der Waals surface area contributed by atoms with E-state index in [4.69, 9.17) is 5.73 Å². The van der Waals surface area contributed by atoms with Crippen molar-refractivity contribution in [3.8, 4) is 0 Å². The Labute approximate surface area is 96.7 Å². The molecule has 1 saturated heterocycles. The minimum absolute atomic E-state index is 0.119. The third kappa shape index (κ3) is 3.18. The molecule has 1 rings (SSSR count). The molecule has 0 saturated carbocycles. The van der Waals surface area contributed by atoms with Gasteiger partial charge in [-0.15, -0.1) is 0 Å². The zero-order chi connectivity index (χ0) is 12.4. The van der Waals surface area contributed by atoms with E-state index in [2.05, 4.69) is 5.32 Å². The van der Waals surface area contributed by atoms with Crippen LogP contribution in [-0.2, 0) is 14.6 Å². The first-order valence-electron chi connectivity index (χ1n) is 5.52. The molecule has 0 radical (unpaired) electrons. The molecule has 1 unspecified atom stereocenters. The molecule has 1 amide bonds. The van der Waals surface area contributed by atoms with E-state index in [9.17, 15) is 13.2 Å². The van der Waals surface area contributed by atoms with E-state index in [0.29, 0.717) is 12.8 Å². The standard InChI is InChI=1S/C10H20N2O3S/c1-10(2,7-11)12-9(13)8-5-3-4-6-16(8,14)15/h8H,3-7,11H2,1-2H3,(H,12,13). The molecule has 0 aromatic heterocycles. The van der Waals surface area contributed by atoms with Crippen LogP contribution >= 0.6 is 0 Å². The van der Waals surface area contributed by atoms with Crippen LogP contribution in [0.4, 0.5) is 0 Å². The lowest BCUT2D eigenvalue weighted by Crippen LogP contribution is -2.54. The van der Waals surface area contributed by atoms with E-state index >= 15 is 0 Å². The number of nitrogens with two attached hydrogens (primary N) is 1. The molecule has 6 heteroatoms. The molecule has 0 aromatic rings. The first-order chi connectivity index (χ1) is 7.28. The number of nitrogens with one attached hydrogen (secondary N) is 1. The van der Waals surface area contributed by atoms with Gasteiger partial charge in [-0.1, -0.05) is 6.42 Å². The number of hydrogen-bond donors (Lipinski definition) is 2. The summed E-state index contributed by atoms with van der Waals surface area (Å²) in [5.74, 6) is -0.288. The van der Waals surface area contributed by atoms with Crippen molar-refractivity contribution < 1.29 is 13.2 Å². The summed E-state index contributed by atoms with van der Waals surface area (Å²) in [6, 6.07) is 0. The minimum Gasteiger partial charge on any atom is -0.349 e. The van der Waals surface area contributed by atoms with Crippen LogP contribution < -0.4 is 11.1 Å². The fourth-order valence-corrected chi connectivity index (χ4v) is 3.52. The van der Waals surface area contributed by atoms with Gasteiger partial charge in [-0.05, 0) is 26.7 Å². The van der Waals surface area contributed by atoms with Crippen molar-refractivity contribution in [1.82, 2.24) is 5.32 Å². The monoisotopic (exact) mass is 248 g/mol. The van der Waals surface area contributed by atoms with Gasteiger partial charge >= 0.3 is 0 Å². The highest BCUT2D eigenvalue weighted by Gasteiger charge is 2.36. The van der Waals surface area contributed by atoms with Crippen LogP contribution in [0.5, 0.6) is 0 Å². The van der Waals surface area contributed by atoms with Gasteiger partial charge in [0.05, 0.1) is 5.75 Å². The summed E-state index contributed by atoms with van der Waals surface area (Å²) >= 11 is 0. The topological polar surface area (TPSA) is 89.3 Å². The van der Waals surface area contributed by atoms with Gasteiger partial charge in [-0.3, -0.25) is 4.79 Å². The number of carbonyl (C=O) groups excluding carboxylic acids is 1. The second-order valence-corrected chi connectivity index (χ2v) is 7.23. The molecular weight excluding hydrogens is 228 g/mol. The molecule has 94 valence electrons. The summed E-state index contributed by atoms with van der Waals surface area (Å²) in [7, 11) is -3.26. The van der Waals surface area contributed by atoms with E-state index in [-0.39, 0.29) is 12.3 Å². The Morgan fingerprint density at radius 1 is 1.44 bits per heavy atom. The average molecular weight is 248 g/mol. The van der Waals surface area contributed by atoms with Crippen molar-refractivity contribution in [2.45, 2.75) is 43.9 Å². The molecule has 16 heavy (non-hydrogen) atoms. The van der Waals surface area contributed by atoms with E-state index in [0.717, 1.165) is 6.42 Å². The van der Waals surface area contributed by atoms with Gasteiger partial charge < -0.3 is 11.1 Å². The van der Waals surface area contributed by atoms with Gasteiger partial charge in [-0.25, -0.2) is 8.42 Å². The normalized spacial score (nSPS) is 25.1. The number of rotatable bonds is 3. The fraction of sp³-hybridized carbons (Fsp3) is 0.900.